The van der Waals surface area contributed by atoms with Gasteiger partial charge in [-0.25, -0.2) is 9.59 Å². The zero-order valence-electron chi connectivity index (χ0n) is 35.6. The molecule has 0 saturated carbocycles. The number of morpholine rings is 2. The molecule has 0 radical (unpaired) electrons. The highest BCUT2D eigenvalue weighted by Gasteiger charge is 3.14. The molecule has 11 unspecified atom stereocenters. The van der Waals surface area contributed by atoms with Gasteiger partial charge in [0.05, 0.1) is 52.7 Å². The average Bonchev–Trinajstić information content (AvgIpc) is 3.88. The van der Waals surface area contributed by atoms with Crippen molar-refractivity contribution in [1.82, 2.24) is 0 Å². The number of nitrogens with zero attached hydrogens (tertiary/aromatic N) is 2. The van der Waals surface area contributed by atoms with Gasteiger partial charge in [0.15, 0.2) is 5.66 Å². The number of ether oxygens (including phenoxy) is 4. The number of nitrogens with two attached hydrogens (primary N) is 4. The van der Waals surface area contributed by atoms with Gasteiger partial charge in [-0.15, -0.1) is 45.3 Å². The highest BCUT2D eigenvalue weighted by atomic mass is 32.1. The van der Waals surface area contributed by atoms with Crippen molar-refractivity contribution in [2.75, 3.05) is 33.5 Å². The van der Waals surface area contributed by atoms with E-state index in [2.05, 4.69) is 5.32 Å². The first kappa shape index (κ1) is 48.3. The average molecular weight is 1030 g/mol. The molecule has 22 N–H and O–H groups in total. The number of piperidine rings is 2. The van der Waals surface area contributed by atoms with Crippen molar-refractivity contribution in [1.29, 1.82) is 0 Å². The van der Waals surface area contributed by atoms with Crippen LogP contribution in [-0.2, 0) is 39.7 Å². The number of hydrogen-bond donors (Lipinski definition) is 18. The summed E-state index contributed by atoms with van der Waals surface area (Å²) in [6.07, 6.45) is -5.96. The molecule has 6 aliphatic heterocycles. The van der Waals surface area contributed by atoms with Crippen molar-refractivity contribution in [2.24, 2.45) is 22.9 Å². The molecule has 0 amide bonds. The summed E-state index contributed by atoms with van der Waals surface area (Å²) < 4.78 is 18.6. The third kappa shape index (κ3) is 4.37. The van der Waals surface area contributed by atoms with E-state index in [9.17, 15) is 76.0 Å². The number of anilines is 1. The van der Waals surface area contributed by atoms with E-state index in [4.69, 9.17) is 41.9 Å². The van der Waals surface area contributed by atoms with Crippen molar-refractivity contribution in [2.45, 2.75) is 92.3 Å². The zero-order chi connectivity index (χ0) is 50.3. The molecule has 30 heteroatoms. The van der Waals surface area contributed by atoms with Crippen LogP contribution in [0.4, 0.5) is 5.00 Å². The quantitative estimate of drug-likeness (QED) is 0.0304. The van der Waals surface area contributed by atoms with E-state index in [1.54, 1.807) is 0 Å². The molecule has 26 nitrogen and oxygen atoms in total. The van der Waals surface area contributed by atoms with Crippen LogP contribution in [0, 0.1) is 0 Å². The number of carbonyl (C=O) groups excluding carboxylic acids is 2. The standard InChI is InChI=1S/C38H47N7O19S4/c1-44(2)31(41)27(39,40)21(28(50,51)35(44,57)37(59)32(31,42)63-37)61-24(47)26(49,18-10-7-15-67-18)19-11-12-20(68-19)43-33-34(56)29(52,53)22(30(54,55)36(58,45(34,3)4)38(33,60)64-33)62-23(46)25(48,16-8-5-13-65-16)17-9-6-14-66-17/h5-15,21-22,43,48-60H,39-42H2,1-4H3/q+2. The van der Waals surface area contributed by atoms with Crippen molar-refractivity contribution in [3.8, 4) is 0 Å². The maximum absolute atomic E-state index is 14.6. The molecule has 4 aromatic heterocycles. The van der Waals surface area contributed by atoms with E-state index >= 15 is 0 Å². The van der Waals surface area contributed by atoms with Gasteiger partial charge in [0.25, 0.3) is 28.8 Å². The van der Waals surface area contributed by atoms with Crippen LogP contribution in [0.2, 0.25) is 0 Å². The van der Waals surface area contributed by atoms with Gasteiger partial charge < -0.3 is 97.4 Å². The minimum absolute atomic E-state index is 0.0660. The number of fused-ring (bicyclic) bond motifs is 10. The SMILES string of the molecule is C[N+]1(C)C2(N)C(N)(N)C(OC(=O)C(O)(c3cccs3)c3ccc(NC45OC4(O)C4(O)C(O)(O)C(OC(=O)C(O)(c6cccs6)c6cccs6)C(O)(O)C5(O)[N+]4(C)C)s3)C(O)(O)C1(O)C1(O)OC12N. The first-order valence-corrected chi connectivity index (χ1v) is 23.5. The van der Waals surface area contributed by atoms with E-state index in [1.807, 2.05) is 0 Å². The highest BCUT2D eigenvalue weighted by molar-refractivity contribution is 7.16. The van der Waals surface area contributed by atoms with Crippen LogP contribution in [0.3, 0.4) is 0 Å². The maximum Gasteiger partial charge on any atom is 0.350 e. The summed E-state index contributed by atoms with van der Waals surface area (Å²) in [5, 5.41) is 163. The van der Waals surface area contributed by atoms with Gasteiger partial charge in [0.2, 0.25) is 29.1 Å². The van der Waals surface area contributed by atoms with Crippen LogP contribution < -0.4 is 28.3 Å². The monoisotopic (exact) mass is 1030 g/mol. The number of epoxide rings is 2. The third-order valence-electron chi connectivity index (χ3n) is 15.5. The Morgan fingerprint density at radius 3 is 1.50 bits per heavy atom. The molecule has 10 rings (SSSR count). The van der Waals surface area contributed by atoms with Gasteiger partial charge in [-0.05, 0) is 46.5 Å². The topological polar surface area (TPSA) is 457 Å². The second-order valence-corrected chi connectivity index (χ2v) is 22.8. The second-order valence-electron chi connectivity index (χ2n) is 18.9. The largest absolute Gasteiger partial charge is 0.450 e. The summed E-state index contributed by atoms with van der Waals surface area (Å²) in [5.41, 5.74) is -1.79. The van der Waals surface area contributed by atoms with E-state index in [0.717, 1.165) is 74.3 Å². The second kappa shape index (κ2) is 12.8. The zero-order valence-corrected chi connectivity index (χ0v) is 38.9. The molecule has 6 aliphatic rings. The van der Waals surface area contributed by atoms with E-state index in [1.165, 1.54) is 52.5 Å². The highest BCUT2D eigenvalue weighted by Crippen LogP contribution is 2.77. The molecule has 4 bridgehead atoms. The molecule has 68 heavy (non-hydrogen) atoms. The van der Waals surface area contributed by atoms with Gasteiger partial charge in [-0.3, -0.25) is 25.2 Å². The summed E-state index contributed by atoms with van der Waals surface area (Å²) in [6, 6.07) is 10.4. The molecule has 10 heterocycles. The number of likely N-dealkylation sites (N-methyl/N-ethyl adjacent to an activating group) is 2. The molecule has 0 aliphatic carbocycles. The Morgan fingerprint density at radius 1 is 0.603 bits per heavy atom. The van der Waals surface area contributed by atoms with Gasteiger partial charge in [0, 0.05) is 0 Å². The number of esters is 2. The van der Waals surface area contributed by atoms with E-state index in [-0.39, 0.29) is 19.6 Å². The van der Waals surface area contributed by atoms with Crippen LogP contribution in [-0.4, -0.2) is 197 Å². The Kier molecular flexibility index (Phi) is 9.12. The normalized spacial score (nSPS) is 42.0. The predicted octanol–water partition coefficient (Wildman–Crippen LogP) is -7.29. The first-order chi connectivity index (χ1) is 30.9. The lowest BCUT2D eigenvalue weighted by Crippen LogP contribution is -3.00. The van der Waals surface area contributed by atoms with Crippen LogP contribution in [0.1, 0.15) is 19.5 Å². The lowest BCUT2D eigenvalue weighted by molar-refractivity contribution is -1.06. The number of nitrogens with one attached hydrogen (secondary N) is 1. The molecule has 4 aromatic rings. The minimum atomic E-state index is -4.18. The Hall–Kier alpha value is -3.30. The lowest BCUT2D eigenvalue weighted by Gasteiger charge is -2.64. The molecule has 11 atom stereocenters. The van der Waals surface area contributed by atoms with Crippen LogP contribution in [0.25, 0.3) is 0 Å². The molecule has 6 fully saturated rings. The summed E-state index contributed by atoms with van der Waals surface area (Å²) in [5.74, 6) is -22.3. The molecular formula is C38H47N7O19S4+2. The number of hydrogen-bond acceptors (Lipinski definition) is 28. The van der Waals surface area contributed by atoms with E-state index < -0.39 is 118 Å². The Labute approximate surface area is 397 Å². The van der Waals surface area contributed by atoms with Crippen molar-refractivity contribution in [3.05, 3.63) is 84.2 Å². The lowest BCUT2D eigenvalue weighted by atomic mass is 9.75. The molecule has 0 spiro atoms. The fourth-order valence-corrected chi connectivity index (χ4v) is 15.4. The first-order valence-electron chi connectivity index (χ1n) is 20.0. The fraction of sp³-hybridized carbons (Fsp3) is 0.526. The number of rotatable bonds is 10. The third-order valence-corrected chi connectivity index (χ3v) is 19.5. The number of aliphatic hydroxyl groups is 13. The summed E-state index contributed by atoms with van der Waals surface area (Å²) in [6.45, 7) is 0. The number of thiophene rings is 4. The van der Waals surface area contributed by atoms with Gasteiger partial charge in [0.1, 0.15) is 0 Å². The van der Waals surface area contributed by atoms with Crippen LogP contribution >= 0.6 is 45.3 Å². The van der Waals surface area contributed by atoms with Crippen LogP contribution in [0.15, 0.2) is 64.7 Å². The Morgan fingerprint density at radius 2 is 1.03 bits per heavy atom. The molecule has 370 valence electrons. The van der Waals surface area contributed by atoms with Gasteiger partial charge in [-0.1, -0.05) is 18.2 Å². The summed E-state index contributed by atoms with van der Waals surface area (Å²) in [4.78, 5) is 27.9. The van der Waals surface area contributed by atoms with Crippen molar-refractivity contribution >= 4 is 62.3 Å². The Balaban J connectivity index is 1.02. The van der Waals surface area contributed by atoms with Crippen molar-refractivity contribution in [3.63, 3.8) is 0 Å². The predicted molar refractivity (Wildman–Crippen MR) is 227 cm³/mol. The summed E-state index contributed by atoms with van der Waals surface area (Å²) >= 11 is 2.92. The van der Waals surface area contributed by atoms with Crippen LogP contribution in [0.5, 0.6) is 0 Å². The van der Waals surface area contributed by atoms with E-state index in [0.29, 0.717) is 11.3 Å². The Bertz CT molecular complexity index is 2720. The number of quaternary nitrogens is 2. The smallest absolute Gasteiger partial charge is 0.350 e. The number of carbonyl (C=O) groups is 2. The molecule has 0 aromatic carbocycles. The minimum Gasteiger partial charge on any atom is -0.450 e. The van der Waals surface area contributed by atoms with Gasteiger partial charge >= 0.3 is 40.7 Å². The van der Waals surface area contributed by atoms with Gasteiger partial charge in [-0.2, -0.15) is 0 Å². The maximum atomic E-state index is 14.6. The fourth-order valence-electron chi connectivity index (χ4n) is 11.7. The summed E-state index contributed by atoms with van der Waals surface area (Å²) in [7, 11) is 3.87. The van der Waals surface area contributed by atoms with Crippen molar-refractivity contribution < 1.29 is 104 Å². The molecule has 6 saturated heterocycles. The molecular weight excluding hydrogens is 987 g/mol.